The van der Waals surface area contributed by atoms with Crippen LogP contribution in [0, 0.1) is 0 Å². The number of hydrogen-bond donors (Lipinski definition) is 2. The van der Waals surface area contributed by atoms with Gasteiger partial charge in [0.2, 0.25) is 11.8 Å². The van der Waals surface area contributed by atoms with Crippen molar-refractivity contribution in [2.24, 2.45) is 0 Å². The molecule has 4 amide bonds. The summed E-state index contributed by atoms with van der Waals surface area (Å²) < 4.78 is 0. The summed E-state index contributed by atoms with van der Waals surface area (Å²) in [5.41, 5.74) is 1.69. The molecule has 5 aliphatic rings. The SMILES string of the molecule is O=C1CCC(N2C(=O)c3ccc(CN4CC5CCC4CN5)cc3C2=O)C(=O)N1. The summed E-state index contributed by atoms with van der Waals surface area (Å²) in [6.45, 7) is 2.74. The molecule has 8 heteroatoms. The zero-order valence-corrected chi connectivity index (χ0v) is 15.4. The van der Waals surface area contributed by atoms with Gasteiger partial charge < -0.3 is 5.32 Å². The van der Waals surface area contributed by atoms with E-state index in [0.717, 1.165) is 30.1 Å². The Labute approximate surface area is 162 Å². The number of carbonyl (C=O) groups is 4. The Bertz CT molecular complexity index is 890. The molecule has 0 saturated carbocycles. The molecule has 3 unspecified atom stereocenters. The van der Waals surface area contributed by atoms with Crippen molar-refractivity contribution < 1.29 is 19.2 Å². The van der Waals surface area contributed by atoms with E-state index in [2.05, 4.69) is 15.5 Å². The van der Waals surface area contributed by atoms with Crippen LogP contribution in [0.25, 0.3) is 0 Å². The van der Waals surface area contributed by atoms with Crippen LogP contribution in [0.3, 0.4) is 0 Å². The molecule has 4 saturated heterocycles. The van der Waals surface area contributed by atoms with E-state index < -0.39 is 23.8 Å². The summed E-state index contributed by atoms with van der Waals surface area (Å²) >= 11 is 0. The van der Waals surface area contributed by atoms with Crippen molar-refractivity contribution in [3.63, 3.8) is 0 Å². The average molecular weight is 382 g/mol. The lowest BCUT2D eigenvalue weighted by Gasteiger charge is -2.46. The van der Waals surface area contributed by atoms with Crippen LogP contribution < -0.4 is 10.6 Å². The third-order valence-corrected chi connectivity index (χ3v) is 6.35. The summed E-state index contributed by atoms with van der Waals surface area (Å²) in [7, 11) is 0. The smallest absolute Gasteiger partial charge is 0.262 e. The van der Waals surface area contributed by atoms with Gasteiger partial charge in [0.25, 0.3) is 11.8 Å². The largest absolute Gasteiger partial charge is 0.311 e. The fourth-order valence-electron chi connectivity index (χ4n) is 4.84. The monoisotopic (exact) mass is 382 g/mol. The van der Waals surface area contributed by atoms with Crippen molar-refractivity contribution >= 4 is 23.6 Å². The molecule has 0 radical (unpaired) electrons. The normalized spacial score (nSPS) is 30.0. The van der Waals surface area contributed by atoms with Crippen molar-refractivity contribution in [1.29, 1.82) is 0 Å². The highest BCUT2D eigenvalue weighted by molar-refractivity contribution is 6.23. The van der Waals surface area contributed by atoms with Crippen molar-refractivity contribution in [2.75, 3.05) is 13.1 Å². The number of fused-ring (bicyclic) bond motifs is 4. The molecular weight excluding hydrogens is 360 g/mol. The van der Waals surface area contributed by atoms with Crippen LogP contribution in [0.2, 0.25) is 0 Å². The first-order chi connectivity index (χ1) is 13.5. The molecule has 3 atom stereocenters. The average Bonchev–Trinajstić information content (AvgIpc) is 2.93. The second kappa shape index (κ2) is 6.49. The van der Waals surface area contributed by atoms with Crippen molar-refractivity contribution in [2.45, 2.75) is 50.4 Å². The Balaban J connectivity index is 1.37. The molecule has 1 aromatic carbocycles. The minimum absolute atomic E-state index is 0.126. The lowest BCUT2D eigenvalue weighted by atomic mass is 9.92. The second-order valence-corrected chi connectivity index (χ2v) is 8.09. The van der Waals surface area contributed by atoms with Gasteiger partial charge in [0, 0.05) is 38.1 Å². The maximum atomic E-state index is 12.9. The molecule has 6 rings (SSSR count). The Morgan fingerprint density at radius 1 is 1.00 bits per heavy atom. The quantitative estimate of drug-likeness (QED) is 0.716. The number of rotatable bonds is 3. The molecule has 8 nitrogen and oxygen atoms in total. The maximum Gasteiger partial charge on any atom is 0.262 e. The van der Waals surface area contributed by atoms with Gasteiger partial charge in [-0.15, -0.1) is 0 Å². The predicted octanol–water partition coefficient (Wildman–Crippen LogP) is 0.0240. The number of benzene rings is 1. The van der Waals surface area contributed by atoms with E-state index in [1.165, 1.54) is 12.8 Å². The minimum Gasteiger partial charge on any atom is -0.311 e. The Morgan fingerprint density at radius 3 is 2.50 bits per heavy atom. The molecule has 4 fully saturated rings. The van der Waals surface area contributed by atoms with E-state index in [1.54, 1.807) is 12.1 Å². The highest BCUT2D eigenvalue weighted by Crippen LogP contribution is 2.30. The van der Waals surface area contributed by atoms with Gasteiger partial charge in [-0.3, -0.25) is 34.3 Å². The van der Waals surface area contributed by atoms with Crippen LogP contribution in [-0.4, -0.2) is 64.6 Å². The first kappa shape index (κ1) is 17.5. The van der Waals surface area contributed by atoms with Crippen molar-refractivity contribution in [3.05, 3.63) is 34.9 Å². The van der Waals surface area contributed by atoms with E-state index in [-0.39, 0.29) is 18.7 Å². The van der Waals surface area contributed by atoms with Crippen LogP contribution in [-0.2, 0) is 16.1 Å². The third kappa shape index (κ3) is 2.75. The van der Waals surface area contributed by atoms with Gasteiger partial charge in [-0.05, 0) is 37.0 Å². The highest BCUT2D eigenvalue weighted by Gasteiger charge is 2.44. The lowest BCUT2D eigenvalue weighted by molar-refractivity contribution is -0.136. The molecule has 146 valence electrons. The van der Waals surface area contributed by atoms with Crippen molar-refractivity contribution in [1.82, 2.24) is 20.4 Å². The fraction of sp³-hybridized carbons (Fsp3) is 0.500. The topological polar surface area (TPSA) is 98.8 Å². The number of carbonyl (C=O) groups excluding carboxylic acids is 4. The second-order valence-electron chi connectivity index (χ2n) is 8.09. The van der Waals surface area contributed by atoms with Crippen LogP contribution in [0.15, 0.2) is 18.2 Å². The van der Waals surface area contributed by atoms with E-state index >= 15 is 0 Å². The van der Waals surface area contributed by atoms with Gasteiger partial charge in [-0.25, -0.2) is 0 Å². The van der Waals surface area contributed by atoms with Crippen molar-refractivity contribution in [3.8, 4) is 0 Å². The summed E-state index contributed by atoms with van der Waals surface area (Å²) in [6.07, 6.45) is 2.69. The molecule has 5 heterocycles. The summed E-state index contributed by atoms with van der Waals surface area (Å²) in [6, 6.07) is 5.50. The van der Waals surface area contributed by atoms with E-state index in [4.69, 9.17) is 0 Å². The first-order valence-corrected chi connectivity index (χ1v) is 9.83. The van der Waals surface area contributed by atoms with Gasteiger partial charge in [0.05, 0.1) is 11.1 Å². The molecule has 5 aliphatic heterocycles. The molecule has 2 bridgehead atoms. The number of imide groups is 2. The summed E-state index contributed by atoms with van der Waals surface area (Å²) in [4.78, 5) is 52.7. The Hall–Kier alpha value is -2.58. The summed E-state index contributed by atoms with van der Waals surface area (Å²) in [5, 5.41) is 5.75. The fourth-order valence-corrected chi connectivity index (χ4v) is 4.84. The lowest BCUT2D eigenvalue weighted by Crippen LogP contribution is -2.60. The molecular formula is C20H22N4O4. The van der Waals surface area contributed by atoms with Gasteiger partial charge in [-0.2, -0.15) is 0 Å². The number of nitrogens with one attached hydrogen (secondary N) is 2. The standard InChI is InChI=1S/C20H22N4O4/c25-17-6-5-16(18(26)22-17)24-19(27)14-4-1-11(7-15(14)20(24)28)9-23-10-12-2-3-13(23)8-21-12/h1,4,7,12-13,16,21H,2-3,5-6,8-10H2,(H,22,25,26). The highest BCUT2D eigenvalue weighted by atomic mass is 16.2. The molecule has 2 N–H and O–H groups in total. The number of nitrogens with zero attached hydrogens (tertiary/aromatic N) is 2. The molecule has 0 aliphatic carbocycles. The predicted molar refractivity (Wildman–Crippen MR) is 98.3 cm³/mol. The van der Waals surface area contributed by atoms with E-state index in [1.807, 2.05) is 6.07 Å². The van der Waals surface area contributed by atoms with Gasteiger partial charge in [0.15, 0.2) is 0 Å². The Kier molecular flexibility index (Phi) is 4.06. The first-order valence-electron chi connectivity index (χ1n) is 9.83. The minimum atomic E-state index is -0.919. The number of piperidine rings is 3. The zero-order chi connectivity index (χ0) is 19.4. The summed E-state index contributed by atoms with van der Waals surface area (Å²) in [5.74, 6) is -1.85. The maximum absolute atomic E-state index is 12.9. The number of amides is 4. The number of hydrogen-bond acceptors (Lipinski definition) is 6. The van der Waals surface area contributed by atoms with E-state index in [0.29, 0.717) is 23.2 Å². The molecule has 0 spiro atoms. The van der Waals surface area contributed by atoms with Gasteiger partial charge in [-0.1, -0.05) is 6.07 Å². The van der Waals surface area contributed by atoms with Crippen LogP contribution >= 0.6 is 0 Å². The van der Waals surface area contributed by atoms with Gasteiger partial charge >= 0.3 is 0 Å². The molecule has 1 aromatic rings. The molecule has 28 heavy (non-hydrogen) atoms. The van der Waals surface area contributed by atoms with Gasteiger partial charge in [0.1, 0.15) is 6.04 Å². The van der Waals surface area contributed by atoms with Crippen LogP contribution in [0.1, 0.15) is 52.0 Å². The van der Waals surface area contributed by atoms with E-state index in [9.17, 15) is 19.2 Å². The van der Waals surface area contributed by atoms with Crippen LogP contribution in [0.5, 0.6) is 0 Å². The van der Waals surface area contributed by atoms with Crippen LogP contribution in [0.4, 0.5) is 0 Å². The third-order valence-electron chi connectivity index (χ3n) is 6.35. The molecule has 0 aromatic heterocycles. The number of piperazine rings is 1. The Morgan fingerprint density at radius 2 is 1.82 bits per heavy atom. The zero-order valence-electron chi connectivity index (χ0n) is 15.4.